The summed E-state index contributed by atoms with van der Waals surface area (Å²) in [7, 11) is 0. The Bertz CT molecular complexity index is 763. The van der Waals surface area contributed by atoms with Crippen LogP contribution in [0.4, 0.5) is 0 Å². The van der Waals surface area contributed by atoms with Gasteiger partial charge in [-0.1, -0.05) is 42.1 Å². The molecule has 0 saturated carbocycles. The van der Waals surface area contributed by atoms with E-state index < -0.39 is 0 Å². The number of rotatable bonds is 3. The predicted molar refractivity (Wildman–Crippen MR) is 89.0 cm³/mol. The molecule has 0 spiro atoms. The first-order valence-electron chi connectivity index (χ1n) is 6.81. The third-order valence-corrected chi connectivity index (χ3v) is 4.02. The molecule has 1 saturated heterocycles. The number of H-pyrrole nitrogens is 1. The van der Waals surface area contributed by atoms with Crippen LogP contribution in [0.3, 0.4) is 0 Å². The molecule has 0 atom stereocenters. The van der Waals surface area contributed by atoms with E-state index in [1.54, 1.807) is 0 Å². The van der Waals surface area contributed by atoms with Crippen molar-refractivity contribution in [3.63, 3.8) is 0 Å². The minimum Gasteiger partial charge on any atom is -0.342 e. The quantitative estimate of drug-likeness (QED) is 0.674. The number of imidazole rings is 1. The van der Waals surface area contributed by atoms with Crippen LogP contribution in [0.2, 0.25) is 0 Å². The second-order valence-electron chi connectivity index (χ2n) is 4.85. The molecule has 2 heterocycles. The molecule has 112 valence electrons. The Hall–Kier alpha value is -2.41. The highest BCUT2D eigenvalue weighted by molar-refractivity contribution is 8.15. The second-order valence-corrected chi connectivity index (χ2v) is 5.82. The Morgan fingerprint density at radius 1 is 1.32 bits per heavy atom. The van der Waals surface area contributed by atoms with Gasteiger partial charge in [0.05, 0.1) is 11.5 Å². The van der Waals surface area contributed by atoms with Gasteiger partial charge in [-0.3, -0.25) is 4.79 Å². The SMILES string of the molecule is C/C(=N\N=C1\NC(=O)CS1)c1nc(-c2ccccc2)[nH]c1C. The van der Waals surface area contributed by atoms with Crippen molar-refractivity contribution in [3.8, 4) is 11.4 Å². The van der Waals surface area contributed by atoms with Crippen LogP contribution >= 0.6 is 11.8 Å². The summed E-state index contributed by atoms with van der Waals surface area (Å²) in [5, 5.41) is 11.4. The minimum atomic E-state index is -0.0427. The van der Waals surface area contributed by atoms with E-state index in [1.807, 2.05) is 44.2 Å². The molecule has 3 rings (SSSR count). The molecule has 1 aromatic heterocycles. The standard InChI is InChI=1S/C15H15N5OS/c1-9-13(10(2)19-20-15-17-12(21)8-22-15)18-14(16-9)11-6-4-3-5-7-11/h3-7H,8H2,1-2H3,(H,16,18)(H,17,20,21)/b19-10+. The summed E-state index contributed by atoms with van der Waals surface area (Å²) in [5.41, 5.74) is 3.43. The summed E-state index contributed by atoms with van der Waals surface area (Å²) in [4.78, 5) is 19.0. The fourth-order valence-corrected chi connectivity index (χ4v) is 2.72. The number of aromatic nitrogens is 2. The average molecular weight is 313 g/mol. The van der Waals surface area contributed by atoms with E-state index in [4.69, 9.17) is 0 Å². The molecule has 2 N–H and O–H groups in total. The maximum absolute atomic E-state index is 11.1. The Kier molecular flexibility index (Phi) is 4.06. The van der Waals surface area contributed by atoms with E-state index in [0.717, 1.165) is 22.8 Å². The van der Waals surface area contributed by atoms with Crippen molar-refractivity contribution in [1.29, 1.82) is 0 Å². The minimum absolute atomic E-state index is 0.0427. The number of benzene rings is 1. The van der Waals surface area contributed by atoms with Gasteiger partial charge in [0, 0.05) is 11.3 Å². The normalized spacial score (nSPS) is 17.1. The fourth-order valence-electron chi connectivity index (χ4n) is 2.09. The van der Waals surface area contributed by atoms with E-state index in [0.29, 0.717) is 16.6 Å². The highest BCUT2D eigenvalue weighted by Crippen LogP contribution is 2.18. The monoisotopic (exact) mass is 313 g/mol. The van der Waals surface area contributed by atoms with Crippen LogP contribution in [0.25, 0.3) is 11.4 Å². The Morgan fingerprint density at radius 3 is 2.77 bits per heavy atom. The lowest BCUT2D eigenvalue weighted by atomic mass is 10.2. The summed E-state index contributed by atoms with van der Waals surface area (Å²) >= 11 is 1.35. The summed E-state index contributed by atoms with van der Waals surface area (Å²) in [6, 6.07) is 9.91. The van der Waals surface area contributed by atoms with Gasteiger partial charge >= 0.3 is 0 Å². The van der Waals surface area contributed by atoms with E-state index in [2.05, 4.69) is 25.5 Å². The zero-order valence-corrected chi connectivity index (χ0v) is 13.1. The zero-order valence-electron chi connectivity index (χ0n) is 12.3. The molecule has 7 heteroatoms. The maximum Gasteiger partial charge on any atom is 0.236 e. The second kappa shape index (κ2) is 6.15. The molecule has 1 fully saturated rings. The first-order chi connectivity index (χ1) is 10.6. The van der Waals surface area contributed by atoms with Crippen LogP contribution in [0.5, 0.6) is 0 Å². The molecule has 2 aromatic rings. The van der Waals surface area contributed by atoms with Crippen molar-refractivity contribution in [2.75, 3.05) is 5.75 Å². The Labute approximate surface area is 132 Å². The van der Waals surface area contributed by atoms with Gasteiger partial charge in [-0.15, -0.1) is 5.10 Å². The molecule has 0 aliphatic carbocycles. The third-order valence-electron chi connectivity index (χ3n) is 3.15. The van der Waals surface area contributed by atoms with Crippen LogP contribution in [-0.2, 0) is 4.79 Å². The maximum atomic E-state index is 11.1. The van der Waals surface area contributed by atoms with Gasteiger partial charge in [-0.05, 0) is 13.8 Å². The van der Waals surface area contributed by atoms with Crippen LogP contribution < -0.4 is 5.32 Å². The molecule has 1 aliphatic heterocycles. The van der Waals surface area contributed by atoms with E-state index >= 15 is 0 Å². The van der Waals surface area contributed by atoms with Crippen molar-refractivity contribution in [1.82, 2.24) is 15.3 Å². The van der Waals surface area contributed by atoms with Crippen molar-refractivity contribution in [2.45, 2.75) is 13.8 Å². The lowest BCUT2D eigenvalue weighted by molar-refractivity contribution is -0.116. The van der Waals surface area contributed by atoms with Crippen molar-refractivity contribution in [3.05, 3.63) is 41.7 Å². The number of aromatic amines is 1. The van der Waals surface area contributed by atoms with E-state index in [9.17, 15) is 4.79 Å². The van der Waals surface area contributed by atoms with Crippen LogP contribution in [-0.4, -0.2) is 32.5 Å². The summed E-state index contributed by atoms with van der Waals surface area (Å²) in [6.45, 7) is 3.80. The Morgan fingerprint density at radius 2 is 2.09 bits per heavy atom. The molecular formula is C15H15N5OS. The molecule has 1 amide bonds. The number of nitrogens with one attached hydrogen (secondary N) is 2. The van der Waals surface area contributed by atoms with Gasteiger partial charge in [0.2, 0.25) is 5.91 Å². The lowest BCUT2D eigenvalue weighted by Crippen LogP contribution is -2.19. The van der Waals surface area contributed by atoms with Gasteiger partial charge in [0.25, 0.3) is 0 Å². The number of carbonyl (C=O) groups is 1. The number of amides is 1. The number of nitrogens with zero attached hydrogens (tertiary/aromatic N) is 3. The first kappa shape index (κ1) is 14.5. The van der Waals surface area contributed by atoms with Gasteiger partial charge in [-0.25, -0.2) is 4.98 Å². The van der Waals surface area contributed by atoms with Gasteiger partial charge in [0.1, 0.15) is 11.5 Å². The number of hydrogen-bond donors (Lipinski definition) is 2. The van der Waals surface area contributed by atoms with Crippen molar-refractivity contribution in [2.24, 2.45) is 10.2 Å². The lowest BCUT2D eigenvalue weighted by Gasteiger charge is -1.96. The molecule has 6 nitrogen and oxygen atoms in total. The Balaban J connectivity index is 1.85. The van der Waals surface area contributed by atoms with E-state index in [-0.39, 0.29) is 5.91 Å². The smallest absolute Gasteiger partial charge is 0.236 e. The number of carbonyl (C=O) groups excluding carboxylic acids is 1. The number of aryl methyl sites for hydroxylation is 1. The van der Waals surface area contributed by atoms with Gasteiger partial charge in [0.15, 0.2) is 5.17 Å². The fraction of sp³-hybridized carbons (Fsp3) is 0.200. The molecule has 1 aromatic carbocycles. The molecule has 0 unspecified atom stereocenters. The molecule has 0 bridgehead atoms. The van der Waals surface area contributed by atoms with E-state index in [1.165, 1.54) is 11.8 Å². The largest absolute Gasteiger partial charge is 0.342 e. The van der Waals surface area contributed by atoms with Crippen LogP contribution in [0, 0.1) is 6.92 Å². The molecule has 0 radical (unpaired) electrons. The number of amidine groups is 1. The highest BCUT2D eigenvalue weighted by atomic mass is 32.2. The van der Waals surface area contributed by atoms with Crippen molar-refractivity contribution < 1.29 is 4.79 Å². The topological polar surface area (TPSA) is 82.5 Å². The van der Waals surface area contributed by atoms with Gasteiger partial charge in [-0.2, -0.15) is 5.10 Å². The third kappa shape index (κ3) is 3.09. The summed E-state index contributed by atoms with van der Waals surface area (Å²) in [5.74, 6) is 1.16. The molecule has 1 aliphatic rings. The highest BCUT2D eigenvalue weighted by Gasteiger charge is 2.16. The average Bonchev–Trinajstić information content (AvgIpc) is 3.12. The molecule has 22 heavy (non-hydrogen) atoms. The zero-order chi connectivity index (χ0) is 15.5. The van der Waals surface area contributed by atoms with Crippen molar-refractivity contribution >= 4 is 28.5 Å². The van der Waals surface area contributed by atoms with Gasteiger partial charge < -0.3 is 10.3 Å². The predicted octanol–water partition coefficient (Wildman–Crippen LogP) is 2.33. The number of thioether (sulfide) groups is 1. The number of hydrogen-bond acceptors (Lipinski definition) is 5. The summed E-state index contributed by atoms with van der Waals surface area (Å²) in [6.07, 6.45) is 0. The molecular weight excluding hydrogens is 298 g/mol. The first-order valence-corrected chi connectivity index (χ1v) is 7.79. The van der Waals surface area contributed by atoms with Crippen LogP contribution in [0.1, 0.15) is 18.3 Å². The van der Waals surface area contributed by atoms with Crippen LogP contribution in [0.15, 0.2) is 40.5 Å². The summed E-state index contributed by atoms with van der Waals surface area (Å²) < 4.78 is 0.